The average Bonchev–Trinajstić information content (AvgIpc) is 2.79. The Kier molecular flexibility index (Phi) is 3.94. The van der Waals surface area contributed by atoms with E-state index in [4.69, 9.17) is 0 Å². The highest BCUT2D eigenvalue weighted by Gasteiger charge is 2.12. The van der Waals surface area contributed by atoms with Crippen LogP contribution in [0.25, 0.3) is 0 Å². The monoisotopic (exact) mass is 261 g/mol. The van der Waals surface area contributed by atoms with Crippen LogP contribution < -0.4 is 5.32 Å². The molecule has 1 amide bonds. The smallest absolute Gasteiger partial charge is 0.255 e. The molecule has 0 unspecified atom stereocenters. The normalized spacial score (nSPS) is 10.5. The molecule has 2 rings (SSSR count). The van der Waals surface area contributed by atoms with Crippen molar-refractivity contribution in [1.82, 2.24) is 15.1 Å². The third-order valence-electron chi connectivity index (χ3n) is 2.88. The van der Waals surface area contributed by atoms with Gasteiger partial charge < -0.3 is 5.32 Å². The van der Waals surface area contributed by atoms with Crippen molar-refractivity contribution in [3.63, 3.8) is 0 Å². The van der Waals surface area contributed by atoms with E-state index in [1.807, 2.05) is 6.92 Å². The standard InChI is InChI=1S/C14H16FN3O/c1-3-18-9-13(10(2)17-18)14(19)16-8-11-4-6-12(15)7-5-11/h4-7,9H,3,8H2,1-2H3,(H,16,19). The molecule has 0 atom stereocenters. The Labute approximate surface area is 111 Å². The number of halogens is 1. The van der Waals surface area contributed by atoms with Gasteiger partial charge in [0.25, 0.3) is 5.91 Å². The lowest BCUT2D eigenvalue weighted by atomic mass is 10.2. The van der Waals surface area contributed by atoms with Crippen LogP contribution in [0.15, 0.2) is 30.5 Å². The Balaban J connectivity index is 2.01. The van der Waals surface area contributed by atoms with Gasteiger partial charge in [-0.05, 0) is 31.5 Å². The summed E-state index contributed by atoms with van der Waals surface area (Å²) in [7, 11) is 0. The van der Waals surface area contributed by atoms with Crippen molar-refractivity contribution in [1.29, 1.82) is 0 Å². The van der Waals surface area contributed by atoms with Gasteiger partial charge in [0.05, 0.1) is 11.3 Å². The molecule has 0 saturated heterocycles. The van der Waals surface area contributed by atoms with Gasteiger partial charge in [0.1, 0.15) is 5.82 Å². The fourth-order valence-corrected chi connectivity index (χ4v) is 1.78. The van der Waals surface area contributed by atoms with E-state index in [-0.39, 0.29) is 11.7 Å². The van der Waals surface area contributed by atoms with E-state index in [0.717, 1.165) is 12.1 Å². The van der Waals surface area contributed by atoms with Gasteiger partial charge >= 0.3 is 0 Å². The first-order chi connectivity index (χ1) is 9.10. The Morgan fingerprint density at radius 1 is 1.37 bits per heavy atom. The summed E-state index contributed by atoms with van der Waals surface area (Å²) in [6.45, 7) is 4.87. The van der Waals surface area contributed by atoms with Gasteiger partial charge in [-0.3, -0.25) is 9.48 Å². The molecule has 0 saturated carbocycles. The SMILES string of the molecule is CCn1cc(C(=O)NCc2ccc(F)cc2)c(C)n1. The summed E-state index contributed by atoms with van der Waals surface area (Å²) in [6, 6.07) is 6.06. The van der Waals surface area contributed by atoms with E-state index in [1.54, 1.807) is 29.9 Å². The lowest BCUT2D eigenvalue weighted by molar-refractivity contribution is 0.0950. The van der Waals surface area contributed by atoms with Crippen LogP contribution in [-0.4, -0.2) is 15.7 Å². The molecular weight excluding hydrogens is 245 g/mol. The van der Waals surface area contributed by atoms with E-state index in [1.165, 1.54) is 12.1 Å². The molecule has 4 nitrogen and oxygen atoms in total. The number of rotatable bonds is 4. The Hall–Kier alpha value is -2.17. The lowest BCUT2D eigenvalue weighted by Crippen LogP contribution is -2.23. The first-order valence-electron chi connectivity index (χ1n) is 6.17. The van der Waals surface area contributed by atoms with Crippen LogP contribution in [0.4, 0.5) is 4.39 Å². The lowest BCUT2D eigenvalue weighted by Gasteiger charge is -2.04. The van der Waals surface area contributed by atoms with E-state index >= 15 is 0 Å². The van der Waals surface area contributed by atoms with E-state index < -0.39 is 0 Å². The van der Waals surface area contributed by atoms with Crippen LogP contribution in [0.5, 0.6) is 0 Å². The molecular formula is C14H16FN3O. The van der Waals surface area contributed by atoms with E-state index in [2.05, 4.69) is 10.4 Å². The number of hydrogen-bond acceptors (Lipinski definition) is 2. The fourth-order valence-electron chi connectivity index (χ4n) is 1.78. The molecule has 19 heavy (non-hydrogen) atoms. The van der Waals surface area contributed by atoms with Crippen LogP contribution >= 0.6 is 0 Å². The number of nitrogens with one attached hydrogen (secondary N) is 1. The molecule has 2 aromatic rings. The van der Waals surface area contributed by atoms with Crippen LogP contribution in [0, 0.1) is 12.7 Å². The van der Waals surface area contributed by atoms with Gasteiger partial charge in [-0.15, -0.1) is 0 Å². The van der Waals surface area contributed by atoms with E-state index in [9.17, 15) is 9.18 Å². The van der Waals surface area contributed by atoms with Crippen molar-refractivity contribution in [2.45, 2.75) is 26.9 Å². The zero-order chi connectivity index (χ0) is 13.8. The zero-order valence-corrected chi connectivity index (χ0v) is 11.0. The predicted molar refractivity (Wildman–Crippen MR) is 70.2 cm³/mol. The van der Waals surface area contributed by atoms with Crippen molar-refractivity contribution in [2.24, 2.45) is 0 Å². The first-order valence-corrected chi connectivity index (χ1v) is 6.17. The molecule has 0 aliphatic rings. The molecule has 1 aromatic heterocycles. The Morgan fingerprint density at radius 3 is 2.63 bits per heavy atom. The number of aromatic nitrogens is 2. The van der Waals surface area contributed by atoms with Gasteiger partial charge in [0.2, 0.25) is 0 Å². The maximum atomic E-state index is 12.7. The van der Waals surface area contributed by atoms with Gasteiger partial charge in [-0.2, -0.15) is 5.10 Å². The summed E-state index contributed by atoms with van der Waals surface area (Å²) in [5.41, 5.74) is 2.14. The minimum absolute atomic E-state index is 0.165. The molecule has 100 valence electrons. The number of benzene rings is 1. The molecule has 0 bridgehead atoms. The van der Waals surface area contributed by atoms with Gasteiger partial charge in [0.15, 0.2) is 0 Å². The highest BCUT2D eigenvalue weighted by Crippen LogP contribution is 2.07. The predicted octanol–water partition coefficient (Wildman–Crippen LogP) is 2.28. The van der Waals surface area contributed by atoms with Crippen molar-refractivity contribution in [3.8, 4) is 0 Å². The Bertz CT molecular complexity index is 575. The molecule has 1 heterocycles. The average molecular weight is 261 g/mol. The summed E-state index contributed by atoms with van der Waals surface area (Å²) in [5, 5.41) is 7.02. The zero-order valence-electron chi connectivity index (χ0n) is 11.0. The second kappa shape index (κ2) is 5.65. The maximum Gasteiger partial charge on any atom is 0.255 e. The third kappa shape index (κ3) is 3.19. The van der Waals surface area contributed by atoms with Crippen molar-refractivity contribution in [2.75, 3.05) is 0 Å². The summed E-state index contributed by atoms with van der Waals surface area (Å²) in [4.78, 5) is 12.0. The molecule has 5 heteroatoms. The highest BCUT2D eigenvalue weighted by molar-refractivity contribution is 5.94. The Morgan fingerprint density at radius 2 is 2.05 bits per heavy atom. The van der Waals surface area contributed by atoms with Crippen LogP contribution in [-0.2, 0) is 13.1 Å². The highest BCUT2D eigenvalue weighted by atomic mass is 19.1. The fraction of sp³-hybridized carbons (Fsp3) is 0.286. The minimum Gasteiger partial charge on any atom is -0.348 e. The molecule has 1 aromatic carbocycles. The van der Waals surface area contributed by atoms with Crippen molar-refractivity contribution in [3.05, 3.63) is 53.1 Å². The molecule has 0 aliphatic carbocycles. The first kappa shape index (κ1) is 13.3. The minimum atomic E-state index is -0.282. The summed E-state index contributed by atoms with van der Waals surface area (Å²) < 4.78 is 14.5. The number of hydrogen-bond donors (Lipinski definition) is 1. The quantitative estimate of drug-likeness (QED) is 0.917. The van der Waals surface area contributed by atoms with Crippen molar-refractivity contribution < 1.29 is 9.18 Å². The van der Waals surface area contributed by atoms with Crippen LogP contribution in [0.3, 0.4) is 0 Å². The van der Waals surface area contributed by atoms with Gasteiger partial charge in [0, 0.05) is 19.3 Å². The summed E-state index contributed by atoms with van der Waals surface area (Å²) >= 11 is 0. The van der Waals surface area contributed by atoms with E-state index in [0.29, 0.717) is 17.8 Å². The molecule has 0 spiro atoms. The number of aryl methyl sites for hydroxylation is 2. The topological polar surface area (TPSA) is 46.9 Å². The second-order valence-corrected chi connectivity index (χ2v) is 4.29. The maximum absolute atomic E-state index is 12.7. The third-order valence-corrected chi connectivity index (χ3v) is 2.88. The second-order valence-electron chi connectivity index (χ2n) is 4.29. The molecule has 0 aliphatic heterocycles. The molecule has 0 radical (unpaired) electrons. The summed E-state index contributed by atoms with van der Waals surface area (Å²) in [5.74, 6) is -0.448. The number of carbonyl (C=O) groups excluding carboxylic acids is 1. The van der Waals surface area contributed by atoms with Gasteiger partial charge in [-0.1, -0.05) is 12.1 Å². The van der Waals surface area contributed by atoms with Crippen LogP contribution in [0.2, 0.25) is 0 Å². The number of amides is 1. The molecule has 1 N–H and O–H groups in total. The molecule has 0 fully saturated rings. The largest absolute Gasteiger partial charge is 0.348 e. The van der Waals surface area contributed by atoms with Crippen molar-refractivity contribution >= 4 is 5.91 Å². The number of nitrogens with zero attached hydrogens (tertiary/aromatic N) is 2. The summed E-state index contributed by atoms with van der Waals surface area (Å²) in [6.07, 6.45) is 1.73. The van der Waals surface area contributed by atoms with Gasteiger partial charge in [-0.25, -0.2) is 4.39 Å². The van der Waals surface area contributed by atoms with Crippen LogP contribution in [0.1, 0.15) is 28.5 Å². The number of carbonyl (C=O) groups is 1.